The summed E-state index contributed by atoms with van der Waals surface area (Å²) in [5.74, 6) is 0.157. The van der Waals surface area contributed by atoms with Crippen molar-refractivity contribution in [3.8, 4) is 0 Å². The third-order valence-corrected chi connectivity index (χ3v) is 4.68. The highest BCUT2D eigenvalue weighted by atomic mass is 16.2. The van der Waals surface area contributed by atoms with Gasteiger partial charge in [-0.1, -0.05) is 57.2 Å². The monoisotopic (exact) mass is 322 g/mol. The van der Waals surface area contributed by atoms with Crippen molar-refractivity contribution in [3.05, 3.63) is 65.2 Å². The number of anilines is 1. The Bertz CT molecular complexity index is 713. The van der Waals surface area contributed by atoms with Crippen molar-refractivity contribution < 1.29 is 4.79 Å². The van der Waals surface area contributed by atoms with Gasteiger partial charge >= 0.3 is 0 Å². The number of hydrogen-bond donors (Lipinski definition) is 1. The number of nitrogens with zero attached hydrogens (tertiary/aromatic N) is 1. The molecule has 1 N–H and O–H groups in total. The van der Waals surface area contributed by atoms with Gasteiger partial charge in [-0.25, -0.2) is 0 Å². The van der Waals surface area contributed by atoms with Gasteiger partial charge in [0.2, 0.25) is 5.91 Å². The van der Waals surface area contributed by atoms with Crippen LogP contribution in [0.25, 0.3) is 0 Å². The molecule has 0 radical (unpaired) electrons. The number of nitrogens with one attached hydrogen (secondary N) is 1. The molecule has 1 aliphatic rings. The smallest absolute Gasteiger partial charge is 0.242 e. The Balaban J connectivity index is 1.56. The van der Waals surface area contributed by atoms with E-state index in [1.807, 2.05) is 11.0 Å². The van der Waals surface area contributed by atoms with Crippen LogP contribution in [0, 0.1) is 0 Å². The minimum Gasteiger partial charge on any atom is -0.376 e. The molecular weight excluding hydrogens is 296 g/mol. The van der Waals surface area contributed by atoms with Gasteiger partial charge in [-0.3, -0.25) is 4.79 Å². The molecule has 0 bridgehead atoms. The largest absolute Gasteiger partial charge is 0.376 e. The van der Waals surface area contributed by atoms with Gasteiger partial charge in [0.05, 0.1) is 6.54 Å². The van der Waals surface area contributed by atoms with E-state index in [2.05, 4.69) is 68.6 Å². The lowest BCUT2D eigenvalue weighted by Gasteiger charge is -2.29. The summed E-state index contributed by atoms with van der Waals surface area (Å²) in [5.41, 5.74) is 5.08. The van der Waals surface area contributed by atoms with Crippen LogP contribution in [0.2, 0.25) is 0 Å². The predicted octanol–water partition coefficient (Wildman–Crippen LogP) is 3.98. The lowest BCUT2D eigenvalue weighted by molar-refractivity contribution is -0.130. The molecule has 1 heterocycles. The van der Waals surface area contributed by atoms with E-state index in [1.165, 1.54) is 16.7 Å². The van der Waals surface area contributed by atoms with Crippen LogP contribution in [-0.4, -0.2) is 23.9 Å². The number of rotatable bonds is 3. The highest BCUT2D eigenvalue weighted by Gasteiger charge is 2.20. The number of benzene rings is 2. The van der Waals surface area contributed by atoms with E-state index in [-0.39, 0.29) is 11.3 Å². The summed E-state index contributed by atoms with van der Waals surface area (Å²) in [7, 11) is 0. The molecule has 2 aromatic carbocycles. The molecule has 0 unspecified atom stereocenters. The Labute approximate surface area is 144 Å². The zero-order valence-corrected chi connectivity index (χ0v) is 14.8. The average Bonchev–Trinajstić information content (AvgIpc) is 2.59. The molecule has 0 saturated heterocycles. The number of carbonyl (C=O) groups is 1. The first-order valence-corrected chi connectivity index (χ1v) is 8.62. The average molecular weight is 322 g/mol. The second-order valence-corrected chi connectivity index (χ2v) is 7.51. The highest BCUT2D eigenvalue weighted by molar-refractivity contribution is 5.81. The lowest BCUT2D eigenvalue weighted by Crippen LogP contribution is -2.39. The maximum atomic E-state index is 12.5. The van der Waals surface area contributed by atoms with E-state index in [0.717, 1.165) is 25.2 Å². The second kappa shape index (κ2) is 6.68. The maximum Gasteiger partial charge on any atom is 0.242 e. The van der Waals surface area contributed by atoms with Gasteiger partial charge in [-0.05, 0) is 40.7 Å². The van der Waals surface area contributed by atoms with Crippen LogP contribution in [0.4, 0.5) is 5.69 Å². The summed E-state index contributed by atoms with van der Waals surface area (Å²) >= 11 is 0. The van der Waals surface area contributed by atoms with Crippen molar-refractivity contribution >= 4 is 11.6 Å². The third kappa shape index (κ3) is 3.78. The van der Waals surface area contributed by atoms with Crippen molar-refractivity contribution in [1.82, 2.24) is 4.90 Å². The first kappa shape index (κ1) is 16.6. The Morgan fingerprint density at radius 3 is 2.38 bits per heavy atom. The van der Waals surface area contributed by atoms with Gasteiger partial charge in [-0.2, -0.15) is 0 Å². The molecule has 0 spiro atoms. The fraction of sp³-hybridized carbons (Fsp3) is 0.381. The fourth-order valence-corrected chi connectivity index (χ4v) is 3.09. The standard InChI is InChI=1S/C21H26N2O/c1-21(2,3)18-8-10-19(11-9-18)22-14-20(24)23-13-12-16-6-4-5-7-17(16)15-23/h4-11,22H,12-15H2,1-3H3. The number of hydrogen-bond acceptors (Lipinski definition) is 2. The number of carbonyl (C=O) groups excluding carboxylic acids is 1. The maximum absolute atomic E-state index is 12.5. The van der Waals surface area contributed by atoms with Crippen molar-refractivity contribution in [2.75, 3.05) is 18.4 Å². The lowest BCUT2D eigenvalue weighted by atomic mass is 9.87. The van der Waals surface area contributed by atoms with E-state index in [0.29, 0.717) is 6.54 Å². The summed E-state index contributed by atoms with van der Waals surface area (Å²) < 4.78 is 0. The first-order valence-electron chi connectivity index (χ1n) is 8.62. The molecule has 1 aliphatic heterocycles. The van der Waals surface area contributed by atoms with Crippen LogP contribution >= 0.6 is 0 Å². The van der Waals surface area contributed by atoms with E-state index in [4.69, 9.17) is 0 Å². The topological polar surface area (TPSA) is 32.3 Å². The molecule has 0 aliphatic carbocycles. The highest BCUT2D eigenvalue weighted by Crippen LogP contribution is 2.23. The van der Waals surface area contributed by atoms with Crippen LogP contribution < -0.4 is 5.32 Å². The third-order valence-electron chi connectivity index (χ3n) is 4.68. The zero-order valence-electron chi connectivity index (χ0n) is 14.8. The SMILES string of the molecule is CC(C)(C)c1ccc(NCC(=O)N2CCc3ccccc3C2)cc1. The normalized spacial score (nSPS) is 14.2. The Morgan fingerprint density at radius 2 is 1.71 bits per heavy atom. The summed E-state index contributed by atoms with van der Waals surface area (Å²) in [6.45, 7) is 8.48. The van der Waals surface area contributed by atoms with Crippen molar-refractivity contribution in [1.29, 1.82) is 0 Å². The van der Waals surface area contributed by atoms with E-state index < -0.39 is 0 Å². The van der Waals surface area contributed by atoms with Gasteiger partial charge in [0.15, 0.2) is 0 Å². The van der Waals surface area contributed by atoms with Crippen LogP contribution in [0.3, 0.4) is 0 Å². The van der Waals surface area contributed by atoms with Crippen molar-refractivity contribution in [2.45, 2.75) is 39.2 Å². The fourth-order valence-electron chi connectivity index (χ4n) is 3.09. The van der Waals surface area contributed by atoms with Crippen LogP contribution in [-0.2, 0) is 23.2 Å². The number of fused-ring (bicyclic) bond motifs is 1. The van der Waals surface area contributed by atoms with Gasteiger partial charge in [0.25, 0.3) is 0 Å². The van der Waals surface area contributed by atoms with Crippen molar-refractivity contribution in [3.63, 3.8) is 0 Å². The Kier molecular flexibility index (Phi) is 4.61. The molecule has 1 amide bonds. The summed E-state index contributed by atoms with van der Waals surface area (Å²) in [6.07, 6.45) is 0.947. The minimum absolute atomic E-state index is 0.148. The molecule has 2 aromatic rings. The van der Waals surface area contributed by atoms with E-state index in [1.54, 1.807) is 0 Å². The van der Waals surface area contributed by atoms with Crippen LogP contribution in [0.5, 0.6) is 0 Å². The molecule has 24 heavy (non-hydrogen) atoms. The van der Waals surface area contributed by atoms with Gasteiger partial charge < -0.3 is 10.2 Å². The molecule has 126 valence electrons. The van der Waals surface area contributed by atoms with Gasteiger partial charge in [-0.15, -0.1) is 0 Å². The number of amides is 1. The molecule has 0 fully saturated rings. The molecule has 3 heteroatoms. The zero-order chi connectivity index (χ0) is 17.2. The quantitative estimate of drug-likeness (QED) is 0.927. The Hall–Kier alpha value is -2.29. The summed E-state index contributed by atoms with van der Waals surface area (Å²) in [6, 6.07) is 16.8. The molecule has 3 nitrogen and oxygen atoms in total. The Morgan fingerprint density at radius 1 is 1.04 bits per heavy atom. The molecule has 3 rings (SSSR count). The molecule has 0 atom stereocenters. The first-order chi connectivity index (χ1) is 11.4. The van der Waals surface area contributed by atoms with Gasteiger partial charge in [0, 0.05) is 18.8 Å². The van der Waals surface area contributed by atoms with E-state index >= 15 is 0 Å². The van der Waals surface area contributed by atoms with Crippen LogP contribution in [0.1, 0.15) is 37.5 Å². The second-order valence-electron chi connectivity index (χ2n) is 7.51. The van der Waals surface area contributed by atoms with E-state index in [9.17, 15) is 4.79 Å². The summed E-state index contributed by atoms with van der Waals surface area (Å²) in [5, 5.41) is 3.25. The van der Waals surface area contributed by atoms with Crippen molar-refractivity contribution in [2.24, 2.45) is 0 Å². The molecule has 0 aromatic heterocycles. The minimum atomic E-state index is 0.148. The molecular formula is C21H26N2O. The predicted molar refractivity (Wildman–Crippen MR) is 99.2 cm³/mol. The molecule has 0 saturated carbocycles. The summed E-state index contributed by atoms with van der Waals surface area (Å²) in [4.78, 5) is 14.4. The van der Waals surface area contributed by atoms with Gasteiger partial charge in [0.1, 0.15) is 0 Å². The van der Waals surface area contributed by atoms with Crippen LogP contribution in [0.15, 0.2) is 48.5 Å².